The van der Waals surface area contributed by atoms with Crippen LogP contribution in [0.25, 0.3) is 10.4 Å². The van der Waals surface area contributed by atoms with Gasteiger partial charge in [-0.3, -0.25) is 4.79 Å². The van der Waals surface area contributed by atoms with E-state index in [1.807, 2.05) is 0 Å². The molecule has 60 valence electrons. The van der Waals surface area contributed by atoms with E-state index in [1.165, 1.54) is 0 Å². The Balaban J connectivity index is 3.29. The van der Waals surface area contributed by atoms with Gasteiger partial charge in [0.1, 0.15) is 0 Å². The molecule has 1 aromatic carbocycles. The van der Waals surface area contributed by atoms with Crippen LogP contribution in [0.3, 0.4) is 0 Å². The van der Waals surface area contributed by atoms with Gasteiger partial charge >= 0.3 is 0 Å². The number of azide groups is 1. The number of benzene rings is 1. The highest BCUT2D eigenvalue weighted by molar-refractivity contribution is 9.10. The fraction of sp³-hybridized carbons (Fsp3) is 0. The maximum Gasteiger partial charge on any atom is 0.150 e. The largest absolute Gasteiger partial charge is 0.298 e. The summed E-state index contributed by atoms with van der Waals surface area (Å²) in [6.07, 6.45) is 0.649. The normalized spacial score (nSPS) is 8.75. The summed E-state index contributed by atoms with van der Waals surface area (Å²) < 4.78 is 0.774. The maximum absolute atomic E-state index is 10.4. The molecule has 0 fully saturated rings. The van der Waals surface area contributed by atoms with Crippen molar-refractivity contribution in [1.82, 2.24) is 0 Å². The van der Waals surface area contributed by atoms with Crippen molar-refractivity contribution >= 4 is 27.9 Å². The van der Waals surface area contributed by atoms with Gasteiger partial charge in [-0.05, 0) is 17.7 Å². The molecule has 0 aromatic heterocycles. The Kier molecular flexibility index (Phi) is 2.85. The maximum atomic E-state index is 10.4. The molecule has 12 heavy (non-hydrogen) atoms. The summed E-state index contributed by atoms with van der Waals surface area (Å²) >= 11 is 3.20. The Bertz CT molecular complexity index is 358. The SMILES string of the molecule is [N-]=[N+]=Nc1cc(Br)ccc1C=O. The minimum Gasteiger partial charge on any atom is -0.298 e. The lowest BCUT2D eigenvalue weighted by Crippen LogP contribution is -1.79. The number of halogens is 1. The van der Waals surface area contributed by atoms with Crippen LogP contribution < -0.4 is 0 Å². The highest BCUT2D eigenvalue weighted by Gasteiger charge is 1.98. The van der Waals surface area contributed by atoms with Crippen LogP contribution in [0.1, 0.15) is 10.4 Å². The van der Waals surface area contributed by atoms with Gasteiger partial charge in [0, 0.05) is 20.6 Å². The van der Waals surface area contributed by atoms with Crippen molar-refractivity contribution in [3.05, 3.63) is 38.7 Å². The summed E-state index contributed by atoms with van der Waals surface area (Å²) in [7, 11) is 0. The topological polar surface area (TPSA) is 65.8 Å². The van der Waals surface area contributed by atoms with Crippen molar-refractivity contribution in [2.75, 3.05) is 0 Å². The Labute approximate surface area is 77.0 Å². The van der Waals surface area contributed by atoms with E-state index in [0.29, 0.717) is 17.5 Å². The molecule has 0 atom stereocenters. The average molecular weight is 226 g/mol. The van der Waals surface area contributed by atoms with E-state index in [1.54, 1.807) is 18.2 Å². The first-order valence-electron chi connectivity index (χ1n) is 3.08. The fourth-order valence-corrected chi connectivity index (χ4v) is 1.10. The molecule has 0 N–H and O–H groups in total. The third kappa shape index (κ3) is 1.84. The van der Waals surface area contributed by atoms with Crippen LogP contribution in [0.5, 0.6) is 0 Å². The zero-order valence-electron chi connectivity index (χ0n) is 5.94. The van der Waals surface area contributed by atoms with Gasteiger partial charge in [0.25, 0.3) is 0 Å². The van der Waals surface area contributed by atoms with Crippen molar-refractivity contribution in [2.45, 2.75) is 0 Å². The number of aldehydes is 1. The monoisotopic (exact) mass is 225 g/mol. The third-order valence-electron chi connectivity index (χ3n) is 1.27. The van der Waals surface area contributed by atoms with E-state index in [9.17, 15) is 4.79 Å². The molecule has 1 rings (SSSR count). The van der Waals surface area contributed by atoms with Gasteiger partial charge in [-0.15, -0.1) is 0 Å². The molecular formula is C7H4BrN3O. The van der Waals surface area contributed by atoms with Crippen LogP contribution in [0.15, 0.2) is 27.8 Å². The number of carbonyl (C=O) groups is 1. The Morgan fingerprint density at radius 2 is 2.33 bits per heavy atom. The van der Waals surface area contributed by atoms with Crippen molar-refractivity contribution in [3.8, 4) is 0 Å². The van der Waals surface area contributed by atoms with Gasteiger partial charge in [0.2, 0.25) is 0 Å². The summed E-state index contributed by atoms with van der Waals surface area (Å²) in [5, 5.41) is 3.36. The lowest BCUT2D eigenvalue weighted by Gasteiger charge is -1.96. The molecule has 0 bridgehead atoms. The van der Waals surface area contributed by atoms with Gasteiger partial charge in [-0.25, -0.2) is 0 Å². The number of rotatable bonds is 2. The average Bonchev–Trinajstić information content (AvgIpc) is 2.05. The van der Waals surface area contributed by atoms with E-state index < -0.39 is 0 Å². The fourth-order valence-electron chi connectivity index (χ4n) is 0.751. The molecule has 0 spiro atoms. The predicted octanol–water partition coefficient (Wildman–Crippen LogP) is 3.20. The van der Waals surface area contributed by atoms with Gasteiger partial charge < -0.3 is 0 Å². The smallest absolute Gasteiger partial charge is 0.150 e. The summed E-state index contributed by atoms with van der Waals surface area (Å²) in [5.41, 5.74) is 8.88. The molecule has 0 heterocycles. The van der Waals surface area contributed by atoms with Gasteiger partial charge in [-0.1, -0.05) is 27.1 Å². The van der Waals surface area contributed by atoms with Crippen LogP contribution in [0.4, 0.5) is 5.69 Å². The summed E-state index contributed by atoms with van der Waals surface area (Å²) in [6.45, 7) is 0. The number of hydrogen-bond donors (Lipinski definition) is 0. The lowest BCUT2D eigenvalue weighted by molar-refractivity contribution is 0.112. The van der Waals surface area contributed by atoms with Crippen molar-refractivity contribution < 1.29 is 4.79 Å². The Hall–Kier alpha value is -1.32. The minimum atomic E-state index is 0.335. The second-order valence-corrected chi connectivity index (χ2v) is 2.93. The molecule has 0 aliphatic carbocycles. The number of hydrogen-bond acceptors (Lipinski definition) is 2. The molecule has 0 unspecified atom stereocenters. The lowest BCUT2D eigenvalue weighted by atomic mass is 10.2. The Morgan fingerprint density at radius 3 is 2.92 bits per heavy atom. The van der Waals surface area contributed by atoms with E-state index >= 15 is 0 Å². The van der Waals surface area contributed by atoms with Crippen molar-refractivity contribution in [1.29, 1.82) is 0 Å². The highest BCUT2D eigenvalue weighted by atomic mass is 79.9. The second kappa shape index (κ2) is 3.90. The minimum absolute atomic E-state index is 0.335. The number of carbonyl (C=O) groups excluding carboxylic acids is 1. The first-order valence-corrected chi connectivity index (χ1v) is 3.87. The quantitative estimate of drug-likeness (QED) is 0.330. The molecule has 4 nitrogen and oxygen atoms in total. The molecule has 0 amide bonds. The van der Waals surface area contributed by atoms with Gasteiger partial charge in [0.05, 0.1) is 0 Å². The predicted molar refractivity (Wildman–Crippen MR) is 48.3 cm³/mol. The molecule has 0 aliphatic heterocycles. The van der Waals surface area contributed by atoms with E-state index in [0.717, 1.165) is 4.47 Å². The molecule has 5 heteroatoms. The number of nitrogens with zero attached hydrogens (tertiary/aromatic N) is 3. The van der Waals surface area contributed by atoms with Crippen LogP contribution in [-0.4, -0.2) is 6.29 Å². The molecule has 0 radical (unpaired) electrons. The van der Waals surface area contributed by atoms with E-state index in [2.05, 4.69) is 26.0 Å². The first kappa shape index (κ1) is 8.77. The summed E-state index contributed by atoms with van der Waals surface area (Å²) in [6, 6.07) is 4.88. The second-order valence-electron chi connectivity index (χ2n) is 2.01. The summed E-state index contributed by atoms with van der Waals surface area (Å²) in [4.78, 5) is 13.0. The van der Waals surface area contributed by atoms with Crippen molar-refractivity contribution in [2.24, 2.45) is 5.11 Å². The Morgan fingerprint density at radius 1 is 1.58 bits per heavy atom. The standard InChI is InChI=1S/C7H4BrN3O/c8-6-2-1-5(4-12)7(3-6)10-11-9/h1-4H. The zero-order valence-corrected chi connectivity index (χ0v) is 7.52. The molecule has 0 saturated carbocycles. The molecule has 0 saturated heterocycles. The van der Waals surface area contributed by atoms with Crippen LogP contribution >= 0.6 is 15.9 Å². The highest BCUT2D eigenvalue weighted by Crippen LogP contribution is 2.22. The van der Waals surface area contributed by atoms with E-state index in [-0.39, 0.29) is 0 Å². The molecule has 1 aromatic rings. The summed E-state index contributed by atoms with van der Waals surface area (Å²) in [5.74, 6) is 0. The van der Waals surface area contributed by atoms with Gasteiger partial charge in [0.15, 0.2) is 6.29 Å². The van der Waals surface area contributed by atoms with Crippen LogP contribution in [-0.2, 0) is 0 Å². The van der Waals surface area contributed by atoms with Crippen LogP contribution in [0.2, 0.25) is 0 Å². The molecular weight excluding hydrogens is 222 g/mol. The van der Waals surface area contributed by atoms with Crippen molar-refractivity contribution in [3.63, 3.8) is 0 Å². The van der Waals surface area contributed by atoms with E-state index in [4.69, 9.17) is 5.53 Å². The first-order chi connectivity index (χ1) is 5.77. The molecule has 0 aliphatic rings. The zero-order chi connectivity index (χ0) is 8.97. The third-order valence-corrected chi connectivity index (χ3v) is 1.77. The van der Waals surface area contributed by atoms with Gasteiger partial charge in [-0.2, -0.15) is 0 Å². The van der Waals surface area contributed by atoms with Crippen LogP contribution in [0, 0.1) is 0 Å².